The Morgan fingerprint density at radius 2 is 1.79 bits per heavy atom. The van der Waals surface area contributed by atoms with Crippen LogP contribution in [-0.4, -0.2) is 44.8 Å². The molecule has 0 unspecified atom stereocenters. The molecule has 0 atom stereocenters. The maximum atomic E-state index is 12.6. The van der Waals surface area contributed by atoms with Crippen molar-refractivity contribution in [2.75, 3.05) is 32.4 Å². The summed E-state index contributed by atoms with van der Waals surface area (Å²) in [6, 6.07) is 11.8. The van der Waals surface area contributed by atoms with Crippen LogP contribution >= 0.6 is 0 Å². The molecule has 2 aromatic carbocycles. The van der Waals surface area contributed by atoms with Gasteiger partial charge in [-0.1, -0.05) is 18.2 Å². The summed E-state index contributed by atoms with van der Waals surface area (Å²) in [5, 5.41) is 7.67. The van der Waals surface area contributed by atoms with Gasteiger partial charge in [0.2, 0.25) is 6.79 Å². The number of methoxy groups -OCH3 is 1. The van der Waals surface area contributed by atoms with Crippen LogP contribution in [0.3, 0.4) is 0 Å². The summed E-state index contributed by atoms with van der Waals surface area (Å²) in [7, 11) is 1.49. The van der Waals surface area contributed by atoms with Crippen LogP contribution in [0.5, 0.6) is 11.5 Å². The molecule has 1 aliphatic heterocycles. The van der Waals surface area contributed by atoms with Gasteiger partial charge in [0.25, 0.3) is 5.91 Å². The molecule has 0 saturated carbocycles. The van der Waals surface area contributed by atoms with E-state index in [-0.39, 0.29) is 37.7 Å². The van der Waals surface area contributed by atoms with E-state index in [9.17, 15) is 14.4 Å². The molecule has 3 amide bonds. The van der Waals surface area contributed by atoms with Gasteiger partial charge in [-0.15, -0.1) is 0 Å². The van der Waals surface area contributed by atoms with E-state index in [1.807, 2.05) is 6.07 Å². The van der Waals surface area contributed by atoms with Crippen molar-refractivity contribution in [3.05, 3.63) is 53.6 Å². The topological polar surface area (TPSA) is 115 Å². The minimum absolute atomic E-state index is 0.178. The highest BCUT2D eigenvalue weighted by atomic mass is 16.7. The maximum absolute atomic E-state index is 12.6. The van der Waals surface area contributed by atoms with Gasteiger partial charge in [-0.25, -0.2) is 0 Å². The second-order valence-electron chi connectivity index (χ2n) is 6.12. The zero-order chi connectivity index (χ0) is 20.6. The molecule has 0 aromatic heterocycles. The molecule has 2 aromatic rings. The predicted octanol–water partition coefficient (Wildman–Crippen LogP) is 1.05. The number of fused-ring (bicyclic) bond motifs is 1. The van der Waals surface area contributed by atoms with Crippen molar-refractivity contribution in [3.63, 3.8) is 0 Å². The van der Waals surface area contributed by atoms with Crippen LogP contribution in [0, 0.1) is 0 Å². The Kier molecular flexibility index (Phi) is 6.64. The largest absolute Gasteiger partial charge is 0.454 e. The summed E-state index contributed by atoms with van der Waals surface area (Å²) in [4.78, 5) is 36.5. The molecule has 0 saturated heterocycles. The quantitative estimate of drug-likeness (QED) is 0.474. The van der Waals surface area contributed by atoms with E-state index >= 15 is 0 Å². The van der Waals surface area contributed by atoms with Crippen LogP contribution in [0.4, 0.5) is 5.69 Å². The molecule has 0 radical (unpaired) electrons. The summed E-state index contributed by atoms with van der Waals surface area (Å²) in [5.41, 5.74) is 1.32. The zero-order valence-corrected chi connectivity index (χ0v) is 15.8. The summed E-state index contributed by atoms with van der Waals surface area (Å²) in [5.74, 6) is -0.770. The number of carbonyl (C=O) groups is 3. The lowest BCUT2D eigenvalue weighted by atomic mass is 10.1. The Bertz CT molecular complexity index is 915. The second-order valence-corrected chi connectivity index (χ2v) is 6.12. The lowest BCUT2D eigenvalue weighted by Gasteiger charge is -2.12. The van der Waals surface area contributed by atoms with Crippen molar-refractivity contribution in [2.45, 2.75) is 6.54 Å². The van der Waals surface area contributed by atoms with E-state index in [4.69, 9.17) is 14.2 Å². The number of ether oxygens (including phenoxy) is 3. The molecule has 0 fully saturated rings. The van der Waals surface area contributed by atoms with Crippen LogP contribution in [0.15, 0.2) is 42.5 Å². The molecular weight excluding hydrogens is 378 g/mol. The molecule has 1 aliphatic rings. The summed E-state index contributed by atoms with van der Waals surface area (Å²) >= 11 is 0. The third-order valence-electron chi connectivity index (χ3n) is 4.11. The number of rotatable bonds is 7. The van der Waals surface area contributed by atoms with Crippen LogP contribution < -0.4 is 25.4 Å². The van der Waals surface area contributed by atoms with Gasteiger partial charge < -0.3 is 30.2 Å². The Morgan fingerprint density at radius 1 is 1.00 bits per heavy atom. The first-order valence-electron chi connectivity index (χ1n) is 8.92. The minimum atomic E-state index is -0.864. The lowest BCUT2D eigenvalue weighted by Crippen LogP contribution is -2.37. The van der Waals surface area contributed by atoms with E-state index < -0.39 is 17.7 Å². The number of nitrogens with one attached hydrogen (secondary N) is 3. The van der Waals surface area contributed by atoms with Gasteiger partial charge in [-0.2, -0.15) is 0 Å². The number of para-hydroxylation sites is 1. The van der Waals surface area contributed by atoms with Crippen LogP contribution in [0.1, 0.15) is 15.9 Å². The van der Waals surface area contributed by atoms with Crippen molar-refractivity contribution in [1.82, 2.24) is 10.6 Å². The highest BCUT2D eigenvalue weighted by Gasteiger charge is 2.18. The Balaban J connectivity index is 1.61. The van der Waals surface area contributed by atoms with Crippen molar-refractivity contribution in [1.29, 1.82) is 0 Å². The van der Waals surface area contributed by atoms with Crippen molar-refractivity contribution in [3.8, 4) is 11.5 Å². The molecule has 3 N–H and O–H groups in total. The molecule has 0 aliphatic carbocycles. The number of carbonyl (C=O) groups excluding carboxylic acids is 3. The molecule has 0 bridgehead atoms. The predicted molar refractivity (Wildman–Crippen MR) is 104 cm³/mol. The van der Waals surface area contributed by atoms with Gasteiger partial charge in [0, 0.05) is 20.2 Å². The third-order valence-corrected chi connectivity index (χ3v) is 4.11. The molecule has 9 heteroatoms. The van der Waals surface area contributed by atoms with Crippen molar-refractivity contribution in [2.24, 2.45) is 0 Å². The normalized spacial score (nSPS) is 11.6. The molecule has 152 valence electrons. The number of benzene rings is 2. The molecule has 1 heterocycles. The zero-order valence-electron chi connectivity index (χ0n) is 15.8. The van der Waals surface area contributed by atoms with Gasteiger partial charge in [0.1, 0.15) is 0 Å². The molecular formula is C20H21N3O6. The summed E-state index contributed by atoms with van der Waals surface area (Å²) in [6.07, 6.45) is 0. The number of amides is 3. The molecule has 9 nitrogen and oxygen atoms in total. The first-order chi connectivity index (χ1) is 14.1. The highest BCUT2D eigenvalue weighted by Crippen LogP contribution is 2.32. The van der Waals surface area contributed by atoms with Gasteiger partial charge in [-0.3, -0.25) is 14.4 Å². The first-order valence-corrected chi connectivity index (χ1v) is 8.92. The van der Waals surface area contributed by atoms with Crippen LogP contribution in [-0.2, 0) is 20.9 Å². The SMILES string of the molecule is COCCNC(=O)C(=O)Nc1ccccc1C(=O)NCc1ccc2c(c1)OCO2. The van der Waals surface area contributed by atoms with E-state index in [0.29, 0.717) is 11.5 Å². The van der Waals surface area contributed by atoms with E-state index in [2.05, 4.69) is 16.0 Å². The second kappa shape index (κ2) is 9.56. The fourth-order valence-corrected chi connectivity index (χ4v) is 2.64. The van der Waals surface area contributed by atoms with Crippen LogP contribution in [0.25, 0.3) is 0 Å². The average molecular weight is 399 g/mol. The lowest BCUT2D eigenvalue weighted by molar-refractivity contribution is -0.136. The molecule has 0 spiro atoms. The maximum Gasteiger partial charge on any atom is 0.313 e. The van der Waals surface area contributed by atoms with Gasteiger partial charge in [0.05, 0.1) is 17.9 Å². The molecule has 3 rings (SSSR count). The number of hydrogen-bond donors (Lipinski definition) is 3. The smallest absolute Gasteiger partial charge is 0.313 e. The Hall–Kier alpha value is -3.59. The van der Waals surface area contributed by atoms with E-state index in [1.54, 1.807) is 36.4 Å². The minimum Gasteiger partial charge on any atom is -0.454 e. The summed E-state index contributed by atoms with van der Waals surface area (Å²) in [6.45, 7) is 0.935. The highest BCUT2D eigenvalue weighted by molar-refractivity contribution is 6.40. The average Bonchev–Trinajstić information content (AvgIpc) is 3.20. The number of hydrogen-bond acceptors (Lipinski definition) is 6. The third kappa shape index (κ3) is 5.23. The van der Waals surface area contributed by atoms with Gasteiger partial charge >= 0.3 is 11.8 Å². The Morgan fingerprint density at radius 3 is 2.62 bits per heavy atom. The van der Waals surface area contributed by atoms with Crippen LogP contribution in [0.2, 0.25) is 0 Å². The number of anilines is 1. The standard InChI is InChI=1S/C20H21N3O6/c1-27-9-8-21-19(25)20(26)23-15-5-3-2-4-14(15)18(24)22-11-13-6-7-16-17(10-13)29-12-28-16/h2-7,10H,8-9,11-12H2,1H3,(H,21,25)(H,22,24)(H,23,26). The van der Waals surface area contributed by atoms with Gasteiger partial charge in [0.15, 0.2) is 11.5 Å². The Labute approximate surface area is 167 Å². The fraction of sp³-hybridized carbons (Fsp3) is 0.250. The summed E-state index contributed by atoms with van der Waals surface area (Å²) < 4.78 is 15.4. The van der Waals surface area contributed by atoms with Gasteiger partial charge in [-0.05, 0) is 29.8 Å². The van der Waals surface area contributed by atoms with E-state index in [0.717, 1.165) is 5.56 Å². The monoisotopic (exact) mass is 399 g/mol. The van der Waals surface area contributed by atoms with E-state index in [1.165, 1.54) is 7.11 Å². The van der Waals surface area contributed by atoms with Crippen molar-refractivity contribution >= 4 is 23.4 Å². The van der Waals surface area contributed by atoms with Crippen molar-refractivity contribution < 1.29 is 28.6 Å². The molecule has 29 heavy (non-hydrogen) atoms. The first kappa shape index (κ1) is 20.2. The fourth-order valence-electron chi connectivity index (χ4n) is 2.64.